The number of sulfonamides is 1. The molecule has 1 saturated carbocycles. The molecule has 8 nitrogen and oxygen atoms in total. The van der Waals surface area contributed by atoms with E-state index in [1.54, 1.807) is 18.2 Å². The molecule has 2 aromatic rings. The lowest BCUT2D eigenvalue weighted by Crippen LogP contribution is -2.36. The highest BCUT2D eigenvalue weighted by molar-refractivity contribution is 7.99. The summed E-state index contributed by atoms with van der Waals surface area (Å²) in [5.41, 5.74) is 0.677. The lowest BCUT2D eigenvalue weighted by Gasteiger charge is -2.36. The van der Waals surface area contributed by atoms with Crippen molar-refractivity contribution in [2.45, 2.75) is 96.3 Å². The van der Waals surface area contributed by atoms with E-state index in [9.17, 15) is 13.2 Å². The van der Waals surface area contributed by atoms with Crippen LogP contribution in [0.2, 0.25) is 0 Å². The van der Waals surface area contributed by atoms with Crippen LogP contribution in [0.5, 0.6) is 0 Å². The van der Waals surface area contributed by atoms with E-state index in [1.165, 1.54) is 22.5 Å². The van der Waals surface area contributed by atoms with Crippen LogP contribution < -0.4 is 0 Å². The first kappa shape index (κ1) is 30.6. The summed E-state index contributed by atoms with van der Waals surface area (Å²) in [4.78, 5) is 13.1. The van der Waals surface area contributed by atoms with E-state index in [-0.39, 0.29) is 28.8 Å². The van der Waals surface area contributed by atoms with Gasteiger partial charge >= 0.3 is 5.97 Å². The quantitative estimate of drug-likeness (QED) is 0.229. The third kappa shape index (κ3) is 6.99. The topological polar surface area (TPSA) is 94.4 Å². The summed E-state index contributed by atoms with van der Waals surface area (Å²) in [6.07, 6.45) is 3.99. The largest absolute Gasteiger partial charge is 0.461 e. The standard InChI is InChI=1S/C28H44N4O4S2/c1-8-21(7)32-27(22-12-11-13-23(17-22)38(34,35)31(9-2)10-3)29-30-28(32)37-18-26(33)36-25-16-20(6)14-15-24(25)19(4)5/h11-13,17,19-21,24-25H,8-10,14-16,18H2,1-7H3/t20-,21+,24-,25+/m1/s1. The molecule has 0 saturated heterocycles. The number of aromatic nitrogens is 3. The first-order valence-corrected chi connectivity index (χ1v) is 16.3. The lowest BCUT2D eigenvalue weighted by molar-refractivity contribution is -0.152. The summed E-state index contributed by atoms with van der Waals surface area (Å²) in [7, 11) is -3.60. The van der Waals surface area contributed by atoms with Crippen molar-refractivity contribution in [3.05, 3.63) is 24.3 Å². The van der Waals surface area contributed by atoms with Gasteiger partial charge in [0.25, 0.3) is 0 Å². The van der Waals surface area contributed by atoms with Crippen LogP contribution in [-0.2, 0) is 19.6 Å². The highest BCUT2D eigenvalue weighted by Gasteiger charge is 2.33. The molecule has 1 heterocycles. The van der Waals surface area contributed by atoms with Crippen molar-refractivity contribution in [1.29, 1.82) is 0 Å². The number of hydrogen-bond acceptors (Lipinski definition) is 7. The molecule has 3 rings (SSSR count). The summed E-state index contributed by atoms with van der Waals surface area (Å²) in [6, 6.07) is 6.93. The Labute approximate surface area is 233 Å². The van der Waals surface area contributed by atoms with Gasteiger partial charge in [-0.2, -0.15) is 4.31 Å². The minimum Gasteiger partial charge on any atom is -0.461 e. The van der Waals surface area contributed by atoms with Gasteiger partial charge in [-0.05, 0) is 56.1 Å². The van der Waals surface area contributed by atoms with Crippen LogP contribution in [-0.4, -0.2) is 58.4 Å². The molecule has 38 heavy (non-hydrogen) atoms. The molecule has 212 valence electrons. The third-order valence-corrected chi connectivity index (χ3v) is 10.7. The summed E-state index contributed by atoms with van der Waals surface area (Å²) in [5, 5.41) is 9.46. The molecule has 0 bridgehead atoms. The second-order valence-electron chi connectivity index (χ2n) is 10.7. The van der Waals surface area contributed by atoms with Crippen molar-refractivity contribution in [3.8, 4) is 11.4 Å². The summed E-state index contributed by atoms with van der Waals surface area (Å²) < 4.78 is 35.6. The van der Waals surface area contributed by atoms with Crippen LogP contribution in [0.4, 0.5) is 0 Å². The van der Waals surface area contributed by atoms with E-state index in [1.807, 2.05) is 24.5 Å². The van der Waals surface area contributed by atoms with Gasteiger partial charge in [-0.25, -0.2) is 8.42 Å². The van der Waals surface area contributed by atoms with Crippen LogP contribution in [0.1, 0.15) is 80.2 Å². The Balaban J connectivity index is 1.82. The zero-order valence-corrected chi connectivity index (χ0v) is 25.5. The maximum atomic E-state index is 13.1. The number of ether oxygens (including phenoxy) is 1. The van der Waals surface area contributed by atoms with E-state index >= 15 is 0 Å². The van der Waals surface area contributed by atoms with Crippen LogP contribution in [0.3, 0.4) is 0 Å². The lowest BCUT2D eigenvalue weighted by atomic mass is 9.75. The van der Waals surface area contributed by atoms with Gasteiger partial charge in [0.1, 0.15) is 6.10 Å². The van der Waals surface area contributed by atoms with E-state index in [2.05, 4.69) is 44.8 Å². The summed E-state index contributed by atoms with van der Waals surface area (Å²) >= 11 is 1.32. The molecule has 1 aromatic carbocycles. The molecule has 1 aliphatic carbocycles. The van der Waals surface area contributed by atoms with Gasteiger partial charge in [0.05, 0.1) is 10.6 Å². The van der Waals surface area contributed by atoms with E-state index in [0.717, 1.165) is 19.3 Å². The fraction of sp³-hybridized carbons (Fsp3) is 0.679. The number of nitrogens with zero attached hydrogens (tertiary/aromatic N) is 4. The Hall–Kier alpha value is -1.91. The molecule has 1 fully saturated rings. The fourth-order valence-electron chi connectivity index (χ4n) is 5.24. The Bertz CT molecular complexity index is 1180. The monoisotopic (exact) mass is 564 g/mol. The van der Waals surface area contributed by atoms with Crippen LogP contribution in [0.25, 0.3) is 11.4 Å². The molecule has 0 N–H and O–H groups in total. The number of rotatable bonds is 12. The van der Waals surface area contributed by atoms with Crippen LogP contribution in [0, 0.1) is 17.8 Å². The maximum Gasteiger partial charge on any atom is 0.316 e. The molecule has 4 atom stereocenters. The third-order valence-electron chi connectivity index (χ3n) is 7.69. The zero-order valence-electron chi connectivity index (χ0n) is 23.9. The van der Waals surface area contributed by atoms with Gasteiger partial charge in [-0.15, -0.1) is 10.2 Å². The fourth-order valence-corrected chi connectivity index (χ4v) is 7.56. The Kier molecular flexibility index (Phi) is 10.8. The molecule has 0 radical (unpaired) electrons. The van der Waals surface area contributed by atoms with Crippen molar-refractivity contribution in [2.75, 3.05) is 18.8 Å². The highest BCUT2D eigenvalue weighted by Crippen LogP contribution is 2.36. The SMILES string of the molecule is CC[C@H](C)n1c(SCC(=O)O[C@H]2C[C@H](C)CC[C@@H]2C(C)C)nnc1-c1cccc(S(=O)(=O)N(CC)CC)c1. The van der Waals surface area contributed by atoms with E-state index < -0.39 is 10.0 Å². The van der Waals surface area contributed by atoms with Gasteiger partial charge in [-0.1, -0.05) is 71.9 Å². The number of thioether (sulfide) groups is 1. The summed E-state index contributed by atoms with van der Waals surface area (Å²) in [6.45, 7) is 15.2. The molecule has 0 spiro atoms. The second-order valence-corrected chi connectivity index (χ2v) is 13.6. The average Bonchev–Trinajstić information content (AvgIpc) is 3.31. The normalized spacial score (nSPS) is 21.1. The predicted octanol–water partition coefficient (Wildman–Crippen LogP) is 6.04. The number of esters is 1. The van der Waals surface area contributed by atoms with Gasteiger partial charge in [0.15, 0.2) is 11.0 Å². The molecular weight excluding hydrogens is 520 g/mol. The van der Waals surface area contributed by atoms with Crippen molar-refractivity contribution < 1.29 is 17.9 Å². The Morgan fingerprint density at radius 3 is 2.50 bits per heavy atom. The predicted molar refractivity (Wildman–Crippen MR) is 153 cm³/mol. The highest BCUT2D eigenvalue weighted by atomic mass is 32.2. The number of carbonyl (C=O) groups is 1. The minimum atomic E-state index is -3.60. The van der Waals surface area contributed by atoms with Crippen molar-refractivity contribution in [3.63, 3.8) is 0 Å². The smallest absolute Gasteiger partial charge is 0.316 e. The Morgan fingerprint density at radius 2 is 1.87 bits per heavy atom. The Morgan fingerprint density at radius 1 is 1.16 bits per heavy atom. The molecule has 1 aromatic heterocycles. The van der Waals surface area contributed by atoms with Crippen molar-refractivity contribution in [2.24, 2.45) is 17.8 Å². The number of hydrogen-bond donors (Lipinski definition) is 0. The van der Waals surface area contributed by atoms with Crippen LogP contribution in [0.15, 0.2) is 34.3 Å². The number of carbonyl (C=O) groups excluding carboxylic acids is 1. The first-order chi connectivity index (χ1) is 18.0. The molecule has 0 aliphatic heterocycles. The minimum absolute atomic E-state index is 0.0367. The van der Waals surface area contributed by atoms with Crippen LogP contribution >= 0.6 is 11.8 Å². The first-order valence-electron chi connectivity index (χ1n) is 13.9. The molecule has 10 heteroatoms. The molecular formula is C28H44N4O4S2. The molecule has 0 amide bonds. The molecule has 1 aliphatic rings. The summed E-state index contributed by atoms with van der Waals surface area (Å²) in [5.74, 6) is 1.95. The van der Waals surface area contributed by atoms with Crippen molar-refractivity contribution in [1.82, 2.24) is 19.1 Å². The van der Waals surface area contributed by atoms with Crippen molar-refractivity contribution >= 4 is 27.8 Å². The van der Waals surface area contributed by atoms with E-state index in [0.29, 0.717) is 47.4 Å². The van der Waals surface area contributed by atoms with Gasteiger partial charge in [0.2, 0.25) is 10.0 Å². The average molecular weight is 565 g/mol. The number of benzene rings is 1. The van der Waals surface area contributed by atoms with Gasteiger partial charge < -0.3 is 4.74 Å². The maximum absolute atomic E-state index is 13.1. The zero-order chi connectivity index (χ0) is 28.0. The van der Waals surface area contributed by atoms with Gasteiger partial charge in [-0.3, -0.25) is 9.36 Å². The van der Waals surface area contributed by atoms with Gasteiger partial charge in [0, 0.05) is 24.7 Å². The van der Waals surface area contributed by atoms with E-state index in [4.69, 9.17) is 4.74 Å². The second kappa shape index (κ2) is 13.4. The molecule has 0 unspecified atom stereocenters.